The van der Waals surface area contributed by atoms with E-state index in [0.29, 0.717) is 12.3 Å². The van der Waals surface area contributed by atoms with Crippen molar-refractivity contribution in [3.63, 3.8) is 0 Å². The number of aryl methyl sites for hydroxylation is 1. The summed E-state index contributed by atoms with van der Waals surface area (Å²) >= 11 is 0. The fourth-order valence-corrected chi connectivity index (χ4v) is 3.13. The molecule has 2 rings (SSSR count). The number of carbonyl (C=O) groups is 1. The highest BCUT2D eigenvalue weighted by Crippen LogP contribution is 2.17. The van der Waals surface area contributed by atoms with Gasteiger partial charge in [-0.3, -0.25) is 4.79 Å². The maximum Gasteiger partial charge on any atom is 0.222 e. The Kier molecular flexibility index (Phi) is 6.90. The van der Waals surface area contributed by atoms with Crippen molar-refractivity contribution in [1.29, 1.82) is 0 Å². The van der Waals surface area contributed by atoms with Gasteiger partial charge in [-0.2, -0.15) is 0 Å². The largest absolute Gasteiger partial charge is 0.494 e. The first kappa shape index (κ1) is 17.8. The Morgan fingerprint density at radius 3 is 2.70 bits per heavy atom. The van der Waals surface area contributed by atoms with Gasteiger partial charge < -0.3 is 14.5 Å². The van der Waals surface area contributed by atoms with E-state index < -0.39 is 0 Å². The highest BCUT2D eigenvalue weighted by molar-refractivity contribution is 5.76. The molecule has 1 unspecified atom stereocenters. The summed E-state index contributed by atoms with van der Waals surface area (Å²) in [7, 11) is 4.07. The minimum atomic E-state index is 0.284. The van der Waals surface area contributed by atoms with E-state index in [4.69, 9.17) is 4.74 Å². The van der Waals surface area contributed by atoms with Crippen LogP contribution in [0.2, 0.25) is 0 Å². The molecule has 1 aliphatic heterocycles. The van der Waals surface area contributed by atoms with Crippen LogP contribution in [0.3, 0.4) is 0 Å². The second-order valence-electron chi connectivity index (χ2n) is 6.64. The van der Waals surface area contributed by atoms with Crippen molar-refractivity contribution in [2.45, 2.75) is 32.6 Å². The molecule has 0 spiro atoms. The van der Waals surface area contributed by atoms with Crippen LogP contribution < -0.4 is 4.74 Å². The topological polar surface area (TPSA) is 32.8 Å². The van der Waals surface area contributed by atoms with Gasteiger partial charge in [-0.25, -0.2) is 0 Å². The van der Waals surface area contributed by atoms with Crippen molar-refractivity contribution < 1.29 is 9.53 Å². The Labute approximate surface area is 140 Å². The Morgan fingerprint density at radius 2 is 2.04 bits per heavy atom. The zero-order chi connectivity index (χ0) is 16.7. The normalized spacial score (nSPS) is 18.5. The third-order valence-corrected chi connectivity index (χ3v) is 4.58. The number of ether oxygens (including phenoxy) is 1. The van der Waals surface area contributed by atoms with Crippen LogP contribution in [-0.4, -0.2) is 56.0 Å². The number of amides is 1. The lowest BCUT2D eigenvalue weighted by atomic mass is 9.97. The Morgan fingerprint density at radius 1 is 1.30 bits per heavy atom. The van der Waals surface area contributed by atoms with Gasteiger partial charge in [-0.1, -0.05) is 19.1 Å². The molecular weight excluding hydrogens is 288 g/mol. The molecule has 0 aromatic heterocycles. The summed E-state index contributed by atoms with van der Waals surface area (Å²) in [6, 6.07) is 8.36. The fraction of sp³-hybridized carbons (Fsp3) is 0.632. The smallest absolute Gasteiger partial charge is 0.222 e. The van der Waals surface area contributed by atoms with Gasteiger partial charge in [0.05, 0.1) is 6.61 Å². The van der Waals surface area contributed by atoms with Crippen LogP contribution in [0.4, 0.5) is 0 Å². The first-order chi connectivity index (χ1) is 11.1. The molecule has 4 nitrogen and oxygen atoms in total. The molecule has 4 heteroatoms. The molecule has 1 aromatic rings. The Balaban J connectivity index is 1.61. The number of likely N-dealkylation sites (tertiary alicyclic amines) is 1. The summed E-state index contributed by atoms with van der Waals surface area (Å²) in [6.45, 7) is 5.89. The van der Waals surface area contributed by atoms with Crippen LogP contribution in [-0.2, 0) is 11.2 Å². The number of rotatable bonds is 8. The number of carbonyl (C=O) groups excluding carboxylic acids is 1. The summed E-state index contributed by atoms with van der Waals surface area (Å²) in [5, 5.41) is 0. The summed E-state index contributed by atoms with van der Waals surface area (Å²) < 4.78 is 5.80. The second-order valence-corrected chi connectivity index (χ2v) is 6.64. The van der Waals surface area contributed by atoms with Crippen LogP contribution >= 0.6 is 0 Å². The molecule has 1 atom stereocenters. The lowest BCUT2D eigenvalue weighted by molar-refractivity contribution is -0.133. The monoisotopic (exact) mass is 318 g/mol. The SMILES string of the molecule is CCc1ccc(OCCCN(C)CC2CCC(=O)N(C)C2)cc1. The highest BCUT2D eigenvalue weighted by Gasteiger charge is 2.23. The number of nitrogens with zero attached hydrogens (tertiary/aromatic N) is 2. The molecular formula is C19H30N2O2. The van der Waals surface area contributed by atoms with Crippen LogP contribution in [0.5, 0.6) is 5.75 Å². The van der Waals surface area contributed by atoms with E-state index in [9.17, 15) is 4.79 Å². The molecule has 1 amide bonds. The van der Waals surface area contributed by atoms with Crippen molar-refractivity contribution in [2.24, 2.45) is 5.92 Å². The van der Waals surface area contributed by atoms with Gasteiger partial charge in [0.1, 0.15) is 5.75 Å². The quantitative estimate of drug-likeness (QED) is 0.691. The lowest BCUT2D eigenvalue weighted by Crippen LogP contribution is -2.41. The van der Waals surface area contributed by atoms with Crippen LogP contribution in [0.15, 0.2) is 24.3 Å². The molecule has 1 saturated heterocycles. The van der Waals surface area contributed by atoms with E-state index in [-0.39, 0.29) is 5.91 Å². The number of hydrogen-bond donors (Lipinski definition) is 0. The van der Waals surface area contributed by atoms with Crippen molar-refractivity contribution in [2.75, 3.05) is 40.3 Å². The van der Waals surface area contributed by atoms with Gasteiger partial charge in [-0.05, 0) is 49.9 Å². The highest BCUT2D eigenvalue weighted by atomic mass is 16.5. The summed E-state index contributed by atoms with van der Waals surface area (Å²) in [5.74, 6) is 1.84. The van der Waals surface area contributed by atoms with E-state index >= 15 is 0 Å². The van der Waals surface area contributed by atoms with Gasteiger partial charge in [0.15, 0.2) is 0 Å². The fourth-order valence-electron chi connectivity index (χ4n) is 3.13. The van der Waals surface area contributed by atoms with Gasteiger partial charge in [0.2, 0.25) is 5.91 Å². The first-order valence-corrected chi connectivity index (χ1v) is 8.72. The second kappa shape index (κ2) is 8.92. The van der Waals surface area contributed by atoms with Crippen LogP contribution in [0.1, 0.15) is 31.7 Å². The number of hydrogen-bond acceptors (Lipinski definition) is 3. The molecule has 0 bridgehead atoms. The average Bonchev–Trinajstić information content (AvgIpc) is 2.55. The summed E-state index contributed by atoms with van der Waals surface area (Å²) in [5.41, 5.74) is 1.34. The molecule has 1 aliphatic rings. The molecule has 0 radical (unpaired) electrons. The van der Waals surface area contributed by atoms with Crippen LogP contribution in [0, 0.1) is 5.92 Å². The first-order valence-electron chi connectivity index (χ1n) is 8.72. The van der Waals surface area contributed by atoms with E-state index in [1.165, 1.54) is 5.56 Å². The minimum absolute atomic E-state index is 0.284. The molecule has 0 N–H and O–H groups in total. The van der Waals surface area contributed by atoms with E-state index in [0.717, 1.165) is 51.3 Å². The zero-order valence-electron chi connectivity index (χ0n) is 14.8. The number of benzene rings is 1. The molecule has 0 saturated carbocycles. The molecule has 1 heterocycles. The number of piperidine rings is 1. The lowest BCUT2D eigenvalue weighted by Gasteiger charge is -2.32. The van der Waals surface area contributed by atoms with Crippen molar-refractivity contribution >= 4 is 5.91 Å². The molecule has 1 aromatic carbocycles. The molecule has 128 valence electrons. The van der Waals surface area contributed by atoms with Gasteiger partial charge >= 0.3 is 0 Å². The molecule has 0 aliphatic carbocycles. The maximum absolute atomic E-state index is 11.5. The maximum atomic E-state index is 11.5. The third-order valence-electron chi connectivity index (χ3n) is 4.58. The van der Waals surface area contributed by atoms with Gasteiger partial charge in [-0.15, -0.1) is 0 Å². The van der Waals surface area contributed by atoms with Gasteiger partial charge in [0.25, 0.3) is 0 Å². The van der Waals surface area contributed by atoms with E-state index in [1.54, 1.807) is 0 Å². The van der Waals surface area contributed by atoms with Crippen molar-refractivity contribution in [1.82, 2.24) is 9.80 Å². The predicted octanol–water partition coefficient (Wildman–Crippen LogP) is 2.82. The Hall–Kier alpha value is -1.55. The molecule has 1 fully saturated rings. The zero-order valence-corrected chi connectivity index (χ0v) is 14.8. The standard InChI is InChI=1S/C19H30N2O2/c1-4-16-6-9-18(10-7-16)23-13-5-12-20(2)14-17-8-11-19(22)21(3)15-17/h6-7,9-10,17H,4-5,8,11-15H2,1-3H3. The Bertz CT molecular complexity index is 487. The summed E-state index contributed by atoms with van der Waals surface area (Å²) in [4.78, 5) is 15.7. The predicted molar refractivity (Wildman–Crippen MR) is 93.8 cm³/mol. The van der Waals surface area contributed by atoms with Crippen LogP contribution in [0.25, 0.3) is 0 Å². The molecule has 23 heavy (non-hydrogen) atoms. The van der Waals surface area contributed by atoms with E-state index in [1.807, 2.05) is 11.9 Å². The van der Waals surface area contributed by atoms with E-state index in [2.05, 4.69) is 43.1 Å². The average molecular weight is 318 g/mol. The minimum Gasteiger partial charge on any atom is -0.494 e. The van der Waals surface area contributed by atoms with Gasteiger partial charge in [0, 0.05) is 33.1 Å². The van der Waals surface area contributed by atoms with Crippen molar-refractivity contribution in [3.05, 3.63) is 29.8 Å². The van der Waals surface area contributed by atoms with Crippen molar-refractivity contribution in [3.8, 4) is 5.75 Å². The third kappa shape index (κ3) is 5.87. The summed E-state index contributed by atoms with van der Waals surface area (Å²) in [6.07, 6.45) is 3.81.